The van der Waals surface area contributed by atoms with Crippen LogP contribution in [0.1, 0.15) is 32.3 Å². The van der Waals surface area contributed by atoms with Gasteiger partial charge in [-0.2, -0.15) is 0 Å². The molecule has 0 atom stereocenters. The second-order valence-electron chi connectivity index (χ2n) is 5.00. The molecule has 0 aliphatic carbocycles. The van der Waals surface area contributed by atoms with Crippen molar-refractivity contribution in [2.75, 3.05) is 26.0 Å². The molecule has 0 radical (unpaired) electrons. The van der Waals surface area contributed by atoms with Crippen LogP contribution in [0.15, 0.2) is 24.3 Å². The number of rotatable bonds is 7. The van der Waals surface area contributed by atoms with Gasteiger partial charge in [0.15, 0.2) is 0 Å². The van der Waals surface area contributed by atoms with Crippen molar-refractivity contribution in [3.8, 4) is 0 Å². The highest BCUT2D eigenvalue weighted by molar-refractivity contribution is 5.44. The maximum Gasteiger partial charge on any atom is 0.0340 e. The third kappa shape index (κ3) is 5.22. The molecule has 0 aliphatic heterocycles. The minimum absolute atomic E-state index is 0.788. The van der Waals surface area contributed by atoms with E-state index in [0.717, 1.165) is 19.0 Å². The summed E-state index contributed by atoms with van der Waals surface area (Å²) in [5.41, 5.74) is 2.60. The maximum atomic E-state index is 3.51. The van der Waals surface area contributed by atoms with Crippen LogP contribution in [-0.4, -0.2) is 25.5 Å². The molecule has 1 aromatic rings. The van der Waals surface area contributed by atoms with Gasteiger partial charge in [0, 0.05) is 18.8 Å². The first-order valence-corrected chi connectivity index (χ1v) is 6.63. The van der Waals surface area contributed by atoms with Crippen LogP contribution >= 0.6 is 0 Å². The smallest absolute Gasteiger partial charge is 0.0340 e. The fraction of sp³-hybridized carbons (Fsp3) is 0.600. The number of anilines is 1. The Balaban J connectivity index is 2.45. The molecule has 0 amide bonds. The normalized spacial score (nSPS) is 11.2. The van der Waals surface area contributed by atoms with Gasteiger partial charge in [0.25, 0.3) is 0 Å². The van der Waals surface area contributed by atoms with E-state index >= 15 is 0 Å². The third-order valence-corrected chi connectivity index (χ3v) is 3.20. The van der Waals surface area contributed by atoms with Crippen LogP contribution in [0.25, 0.3) is 0 Å². The summed E-state index contributed by atoms with van der Waals surface area (Å²) in [6.07, 6.45) is 2.50. The molecule has 0 bridgehead atoms. The highest BCUT2D eigenvalue weighted by Gasteiger charge is 2.02. The van der Waals surface area contributed by atoms with Gasteiger partial charge in [-0.05, 0) is 37.7 Å². The van der Waals surface area contributed by atoms with Crippen LogP contribution in [0.4, 0.5) is 5.69 Å². The van der Waals surface area contributed by atoms with Crippen molar-refractivity contribution in [2.45, 2.75) is 33.2 Å². The summed E-state index contributed by atoms with van der Waals surface area (Å²) in [5, 5.41) is 3.51. The minimum atomic E-state index is 0.788. The number of benzene rings is 1. The predicted octanol–water partition coefficient (Wildman–Crippen LogP) is 3.60. The average Bonchev–Trinajstić information content (AvgIpc) is 2.32. The third-order valence-electron chi connectivity index (χ3n) is 3.20. The van der Waals surface area contributed by atoms with Gasteiger partial charge < -0.3 is 10.2 Å². The van der Waals surface area contributed by atoms with Crippen LogP contribution in [0, 0.1) is 5.92 Å². The molecule has 2 nitrogen and oxygen atoms in total. The summed E-state index contributed by atoms with van der Waals surface area (Å²) in [6.45, 7) is 6.61. The van der Waals surface area contributed by atoms with E-state index in [2.05, 4.69) is 62.4 Å². The maximum absolute atomic E-state index is 3.51. The van der Waals surface area contributed by atoms with Gasteiger partial charge in [-0.25, -0.2) is 0 Å². The Morgan fingerprint density at radius 3 is 2.12 bits per heavy atom. The minimum Gasteiger partial charge on any atom is -0.385 e. The van der Waals surface area contributed by atoms with Gasteiger partial charge in [0.2, 0.25) is 0 Å². The van der Waals surface area contributed by atoms with Gasteiger partial charge >= 0.3 is 0 Å². The molecule has 0 fully saturated rings. The summed E-state index contributed by atoms with van der Waals surface area (Å²) in [7, 11) is 4.19. The molecular weight excluding hydrogens is 208 g/mol. The van der Waals surface area contributed by atoms with E-state index < -0.39 is 0 Å². The number of hydrogen-bond donors (Lipinski definition) is 1. The molecule has 1 aromatic carbocycles. The summed E-state index contributed by atoms with van der Waals surface area (Å²) in [6, 6.07) is 8.77. The molecule has 0 spiro atoms. The van der Waals surface area contributed by atoms with Gasteiger partial charge in [-0.3, -0.25) is 0 Å². The molecule has 0 saturated heterocycles. The largest absolute Gasteiger partial charge is 0.385 e. The molecular formula is C15H26N2. The topological polar surface area (TPSA) is 15.3 Å². The summed E-state index contributed by atoms with van der Waals surface area (Å²) in [4.78, 5) is 2.19. The molecule has 0 heterocycles. The zero-order valence-electron chi connectivity index (χ0n) is 11.7. The van der Waals surface area contributed by atoms with E-state index in [4.69, 9.17) is 0 Å². The Morgan fingerprint density at radius 2 is 1.65 bits per heavy atom. The van der Waals surface area contributed by atoms with Crippen molar-refractivity contribution in [1.82, 2.24) is 4.90 Å². The van der Waals surface area contributed by atoms with E-state index in [0.29, 0.717) is 0 Å². The molecule has 96 valence electrons. The Kier molecular flexibility index (Phi) is 6.06. The summed E-state index contributed by atoms with van der Waals surface area (Å²) in [5.74, 6) is 0.788. The van der Waals surface area contributed by atoms with E-state index in [1.807, 2.05) is 0 Å². The Morgan fingerprint density at radius 1 is 1.06 bits per heavy atom. The lowest BCUT2D eigenvalue weighted by atomic mass is 10.0. The van der Waals surface area contributed by atoms with Crippen molar-refractivity contribution in [3.63, 3.8) is 0 Å². The second kappa shape index (κ2) is 7.33. The Bertz CT molecular complexity index is 299. The monoisotopic (exact) mass is 234 g/mol. The zero-order valence-corrected chi connectivity index (χ0v) is 11.7. The van der Waals surface area contributed by atoms with E-state index in [-0.39, 0.29) is 0 Å². The van der Waals surface area contributed by atoms with Crippen molar-refractivity contribution in [2.24, 2.45) is 5.92 Å². The summed E-state index contributed by atoms with van der Waals surface area (Å²) < 4.78 is 0. The first kappa shape index (κ1) is 14.0. The molecule has 0 aliphatic rings. The van der Waals surface area contributed by atoms with Crippen LogP contribution < -0.4 is 5.32 Å². The molecule has 17 heavy (non-hydrogen) atoms. The second-order valence-corrected chi connectivity index (χ2v) is 5.00. The van der Waals surface area contributed by atoms with Crippen molar-refractivity contribution >= 4 is 5.69 Å². The first-order valence-electron chi connectivity index (χ1n) is 6.63. The molecule has 0 aromatic heterocycles. The van der Waals surface area contributed by atoms with Gasteiger partial charge in [0.05, 0.1) is 0 Å². The van der Waals surface area contributed by atoms with E-state index in [1.165, 1.54) is 24.1 Å². The number of nitrogens with zero attached hydrogens (tertiary/aromatic N) is 1. The van der Waals surface area contributed by atoms with Crippen molar-refractivity contribution in [3.05, 3.63) is 29.8 Å². The lowest BCUT2D eigenvalue weighted by Crippen LogP contribution is -2.13. The van der Waals surface area contributed by atoms with Crippen LogP contribution in [0.3, 0.4) is 0 Å². The Labute approximate surface area is 106 Å². The lowest BCUT2D eigenvalue weighted by Gasteiger charge is -2.15. The fourth-order valence-electron chi connectivity index (χ4n) is 1.93. The van der Waals surface area contributed by atoms with Gasteiger partial charge in [-0.1, -0.05) is 38.8 Å². The molecule has 0 saturated carbocycles. The zero-order chi connectivity index (χ0) is 12.7. The van der Waals surface area contributed by atoms with Crippen LogP contribution in [-0.2, 0) is 6.54 Å². The molecule has 0 unspecified atom stereocenters. The Hall–Kier alpha value is -1.02. The highest BCUT2D eigenvalue weighted by Crippen LogP contribution is 2.13. The van der Waals surface area contributed by atoms with Gasteiger partial charge in [0.1, 0.15) is 0 Å². The predicted molar refractivity (Wildman–Crippen MR) is 76.4 cm³/mol. The number of nitrogens with one attached hydrogen (secondary N) is 1. The quantitative estimate of drug-likeness (QED) is 0.775. The fourth-order valence-corrected chi connectivity index (χ4v) is 1.93. The highest BCUT2D eigenvalue weighted by atomic mass is 15.0. The van der Waals surface area contributed by atoms with E-state index in [9.17, 15) is 0 Å². The molecule has 1 N–H and O–H groups in total. The number of hydrogen-bond acceptors (Lipinski definition) is 2. The lowest BCUT2D eigenvalue weighted by molar-refractivity contribution is 0.402. The van der Waals surface area contributed by atoms with Gasteiger partial charge in [-0.15, -0.1) is 0 Å². The molecule has 2 heteroatoms. The van der Waals surface area contributed by atoms with Crippen LogP contribution in [0.5, 0.6) is 0 Å². The molecule has 1 rings (SSSR count). The standard InChI is InChI=1S/C15H26N2/c1-5-13(6-2)11-16-15-9-7-14(8-10-15)12-17(3)4/h7-10,13,16H,5-6,11-12H2,1-4H3. The summed E-state index contributed by atoms with van der Waals surface area (Å²) >= 11 is 0. The van der Waals surface area contributed by atoms with Crippen molar-refractivity contribution in [1.29, 1.82) is 0 Å². The van der Waals surface area contributed by atoms with Crippen LogP contribution in [0.2, 0.25) is 0 Å². The SMILES string of the molecule is CCC(CC)CNc1ccc(CN(C)C)cc1. The first-order chi connectivity index (χ1) is 8.15. The van der Waals surface area contributed by atoms with Crippen molar-refractivity contribution < 1.29 is 0 Å². The average molecular weight is 234 g/mol. The van der Waals surface area contributed by atoms with E-state index in [1.54, 1.807) is 0 Å².